The molecule has 5 nitrogen and oxygen atoms in total. The van der Waals surface area contributed by atoms with Gasteiger partial charge in [0.2, 0.25) is 5.91 Å². The van der Waals surface area contributed by atoms with Gasteiger partial charge in [0.05, 0.1) is 5.92 Å². The molecule has 2 saturated carbocycles. The zero-order chi connectivity index (χ0) is 14.2. The number of rotatable bonds is 5. The van der Waals surface area contributed by atoms with E-state index in [1.807, 2.05) is 13.8 Å². The number of carbonyl (C=O) groups excluding carboxylic acids is 1. The second kappa shape index (κ2) is 5.49. The summed E-state index contributed by atoms with van der Waals surface area (Å²) in [5.41, 5.74) is 6.12. The lowest BCUT2D eigenvalue weighted by Gasteiger charge is -2.29. The molecule has 4 N–H and O–H groups in total. The largest absolute Gasteiger partial charge is 0.480 e. The first-order chi connectivity index (χ1) is 8.95. The zero-order valence-corrected chi connectivity index (χ0v) is 11.6. The van der Waals surface area contributed by atoms with Crippen molar-refractivity contribution in [1.82, 2.24) is 5.32 Å². The fourth-order valence-corrected chi connectivity index (χ4v) is 3.66. The Morgan fingerprint density at radius 3 is 2.47 bits per heavy atom. The van der Waals surface area contributed by atoms with E-state index in [0.29, 0.717) is 11.8 Å². The van der Waals surface area contributed by atoms with E-state index in [0.717, 1.165) is 25.7 Å². The Morgan fingerprint density at radius 2 is 2.00 bits per heavy atom. The van der Waals surface area contributed by atoms with Gasteiger partial charge in [0, 0.05) is 6.04 Å². The maximum Gasteiger partial charge on any atom is 0.326 e. The number of carboxylic acids is 1. The summed E-state index contributed by atoms with van der Waals surface area (Å²) < 4.78 is 0. The van der Waals surface area contributed by atoms with Crippen molar-refractivity contribution in [1.29, 1.82) is 0 Å². The molecule has 5 heteroatoms. The predicted octanol–water partition coefficient (Wildman–Crippen LogP) is 0.975. The molecular weight excluding hydrogens is 244 g/mol. The number of aliphatic carboxylic acids is 1. The van der Waals surface area contributed by atoms with Gasteiger partial charge in [0.15, 0.2) is 0 Å². The molecule has 0 heterocycles. The number of fused-ring (bicyclic) bond motifs is 2. The molecule has 0 radical (unpaired) electrons. The van der Waals surface area contributed by atoms with E-state index >= 15 is 0 Å². The number of amides is 1. The van der Waals surface area contributed by atoms with Gasteiger partial charge in [0.1, 0.15) is 6.04 Å². The number of nitrogens with two attached hydrogens (primary N) is 1. The lowest BCUT2D eigenvalue weighted by Crippen LogP contribution is -2.52. The molecule has 19 heavy (non-hydrogen) atoms. The summed E-state index contributed by atoms with van der Waals surface area (Å²) in [6.07, 6.45) is 3.92. The van der Waals surface area contributed by atoms with Crippen molar-refractivity contribution in [2.24, 2.45) is 29.4 Å². The SMILES string of the molecule is CCC(C)C(NC(=O)C1C2CCC(C2)C1N)C(=O)O. The smallest absolute Gasteiger partial charge is 0.326 e. The summed E-state index contributed by atoms with van der Waals surface area (Å²) >= 11 is 0. The average Bonchev–Trinajstić information content (AvgIpc) is 2.94. The number of carbonyl (C=O) groups is 2. The van der Waals surface area contributed by atoms with Crippen LogP contribution in [-0.2, 0) is 9.59 Å². The third kappa shape index (κ3) is 2.61. The number of hydrogen-bond donors (Lipinski definition) is 3. The average molecular weight is 268 g/mol. The second-order valence-electron chi connectivity index (χ2n) is 6.15. The fraction of sp³-hybridized carbons (Fsp3) is 0.857. The van der Waals surface area contributed by atoms with Crippen LogP contribution in [0.3, 0.4) is 0 Å². The number of nitrogens with one attached hydrogen (secondary N) is 1. The first-order valence-corrected chi connectivity index (χ1v) is 7.24. The first-order valence-electron chi connectivity index (χ1n) is 7.24. The highest BCUT2D eigenvalue weighted by molar-refractivity contribution is 5.86. The summed E-state index contributed by atoms with van der Waals surface area (Å²) in [4.78, 5) is 23.6. The lowest BCUT2D eigenvalue weighted by molar-refractivity contribution is -0.144. The van der Waals surface area contributed by atoms with Gasteiger partial charge >= 0.3 is 5.97 Å². The molecule has 0 spiro atoms. The standard InChI is InChI=1S/C14H24N2O3/c1-3-7(2)12(14(18)19)16-13(17)10-8-4-5-9(6-8)11(10)15/h7-12H,3-6,15H2,1-2H3,(H,16,17)(H,18,19). The summed E-state index contributed by atoms with van der Waals surface area (Å²) in [6.45, 7) is 3.77. The van der Waals surface area contributed by atoms with Gasteiger partial charge < -0.3 is 16.2 Å². The minimum absolute atomic E-state index is 0.0729. The second-order valence-corrected chi connectivity index (χ2v) is 6.15. The molecule has 108 valence electrons. The molecule has 2 bridgehead atoms. The van der Waals surface area contributed by atoms with E-state index in [9.17, 15) is 14.7 Å². The Morgan fingerprint density at radius 1 is 1.37 bits per heavy atom. The Labute approximate surface area is 113 Å². The van der Waals surface area contributed by atoms with Crippen LogP contribution in [0.15, 0.2) is 0 Å². The van der Waals surface area contributed by atoms with Gasteiger partial charge in [-0.15, -0.1) is 0 Å². The molecule has 0 saturated heterocycles. The maximum atomic E-state index is 12.3. The van der Waals surface area contributed by atoms with Crippen LogP contribution >= 0.6 is 0 Å². The summed E-state index contributed by atoms with van der Waals surface area (Å²) in [7, 11) is 0. The van der Waals surface area contributed by atoms with E-state index in [1.54, 1.807) is 0 Å². The molecular formula is C14H24N2O3. The molecule has 0 aliphatic heterocycles. The van der Waals surface area contributed by atoms with Gasteiger partial charge in [-0.05, 0) is 37.0 Å². The molecule has 2 aliphatic carbocycles. The van der Waals surface area contributed by atoms with Crippen molar-refractivity contribution in [2.75, 3.05) is 0 Å². The van der Waals surface area contributed by atoms with Crippen LogP contribution in [-0.4, -0.2) is 29.1 Å². The monoisotopic (exact) mass is 268 g/mol. The Balaban J connectivity index is 2.02. The van der Waals surface area contributed by atoms with Crippen molar-refractivity contribution >= 4 is 11.9 Å². The molecule has 6 atom stereocenters. The van der Waals surface area contributed by atoms with Gasteiger partial charge in [-0.1, -0.05) is 20.3 Å². The lowest BCUT2D eigenvalue weighted by atomic mass is 9.84. The zero-order valence-electron chi connectivity index (χ0n) is 11.6. The molecule has 2 rings (SSSR count). The number of hydrogen-bond acceptors (Lipinski definition) is 3. The number of carboxylic acid groups (broad SMARTS) is 1. The minimum atomic E-state index is -0.959. The third-order valence-electron chi connectivity index (χ3n) is 5.06. The quantitative estimate of drug-likeness (QED) is 0.693. The van der Waals surface area contributed by atoms with Crippen molar-refractivity contribution in [2.45, 2.75) is 51.6 Å². The van der Waals surface area contributed by atoms with E-state index in [2.05, 4.69) is 5.32 Å². The van der Waals surface area contributed by atoms with Crippen LogP contribution in [0.1, 0.15) is 39.5 Å². The van der Waals surface area contributed by atoms with Gasteiger partial charge in [-0.2, -0.15) is 0 Å². The topological polar surface area (TPSA) is 92.4 Å². The fourth-order valence-electron chi connectivity index (χ4n) is 3.66. The highest BCUT2D eigenvalue weighted by Gasteiger charge is 2.49. The van der Waals surface area contributed by atoms with Crippen molar-refractivity contribution < 1.29 is 14.7 Å². The summed E-state index contributed by atoms with van der Waals surface area (Å²) in [6, 6.07) is -0.894. The molecule has 6 unspecified atom stereocenters. The maximum absolute atomic E-state index is 12.3. The van der Waals surface area contributed by atoms with E-state index < -0.39 is 12.0 Å². The van der Waals surface area contributed by atoms with Gasteiger partial charge in [-0.3, -0.25) is 4.79 Å². The summed E-state index contributed by atoms with van der Waals surface area (Å²) in [5, 5.41) is 11.9. The highest BCUT2D eigenvalue weighted by Crippen LogP contribution is 2.47. The van der Waals surface area contributed by atoms with Crippen molar-refractivity contribution in [3.63, 3.8) is 0 Å². The van der Waals surface area contributed by atoms with Gasteiger partial charge in [0.25, 0.3) is 0 Å². The Hall–Kier alpha value is -1.10. The van der Waals surface area contributed by atoms with E-state index in [1.165, 1.54) is 0 Å². The molecule has 0 aromatic heterocycles. The van der Waals surface area contributed by atoms with Crippen LogP contribution in [0.25, 0.3) is 0 Å². The highest BCUT2D eigenvalue weighted by atomic mass is 16.4. The molecule has 0 aromatic carbocycles. The van der Waals surface area contributed by atoms with Crippen LogP contribution in [0.4, 0.5) is 0 Å². The van der Waals surface area contributed by atoms with E-state index in [-0.39, 0.29) is 23.8 Å². The molecule has 2 aliphatic rings. The van der Waals surface area contributed by atoms with Crippen LogP contribution in [0, 0.1) is 23.7 Å². The van der Waals surface area contributed by atoms with Crippen molar-refractivity contribution in [3.05, 3.63) is 0 Å². The minimum Gasteiger partial charge on any atom is -0.480 e. The van der Waals surface area contributed by atoms with Crippen LogP contribution < -0.4 is 11.1 Å². The van der Waals surface area contributed by atoms with Gasteiger partial charge in [-0.25, -0.2) is 4.79 Å². The van der Waals surface area contributed by atoms with Crippen LogP contribution in [0.2, 0.25) is 0 Å². The molecule has 1 amide bonds. The third-order valence-corrected chi connectivity index (χ3v) is 5.06. The normalized spacial score (nSPS) is 35.9. The van der Waals surface area contributed by atoms with Crippen molar-refractivity contribution in [3.8, 4) is 0 Å². The predicted molar refractivity (Wildman–Crippen MR) is 71.3 cm³/mol. The first kappa shape index (κ1) is 14.3. The molecule has 0 aromatic rings. The Kier molecular flexibility index (Phi) is 4.13. The Bertz CT molecular complexity index is 370. The van der Waals surface area contributed by atoms with Crippen LogP contribution in [0.5, 0.6) is 0 Å². The van der Waals surface area contributed by atoms with E-state index in [4.69, 9.17) is 5.73 Å². The summed E-state index contributed by atoms with van der Waals surface area (Å²) in [5.74, 6) is -0.577. The molecule has 2 fully saturated rings.